The second-order valence-electron chi connectivity index (χ2n) is 4.53. The first-order valence-electron chi connectivity index (χ1n) is 6.23. The molecule has 0 saturated heterocycles. The van der Waals surface area contributed by atoms with Crippen molar-refractivity contribution in [3.05, 3.63) is 29.8 Å². The zero-order valence-corrected chi connectivity index (χ0v) is 10.5. The van der Waals surface area contributed by atoms with Crippen molar-refractivity contribution >= 4 is 5.97 Å². The van der Waals surface area contributed by atoms with Gasteiger partial charge in [-0.2, -0.15) is 0 Å². The Labute approximate surface area is 107 Å². The molecule has 1 aliphatic rings. The quantitative estimate of drug-likeness (QED) is 0.873. The van der Waals surface area contributed by atoms with Gasteiger partial charge >= 0.3 is 5.97 Å². The van der Waals surface area contributed by atoms with Gasteiger partial charge in [0.15, 0.2) is 6.10 Å². The van der Waals surface area contributed by atoms with Gasteiger partial charge in [-0.15, -0.1) is 0 Å². The largest absolute Gasteiger partial charge is 0.497 e. The lowest BCUT2D eigenvalue weighted by Gasteiger charge is -2.19. The molecule has 0 spiro atoms. The SMILES string of the molecule is COc1ccc(C(OC2CCCC2)C(=O)O)cc1. The number of ether oxygens (including phenoxy) is 2. The maximum atomic E-state index is 11.3. The summed E-state index contributed by atoms with van der Waals surface area (Å²) in [6.07, 6.45) is 3.37. The molecule has 1 aromatic carbocycles. The Morgan fingerprint density at radius 3 is 2.39 bits per heavy atom. The average Bonchev–Trinajstić information content (AvgIpc) is 2.89. The van der Waals surface area contributed by atoms with Crippen LogP contribution in [-0.2, 0) is 9.53 Å². The van der Waals surface area contributed by atoms with E-state index in [9.17, 15) is 9.90 Å². The molecule has 0 aliphatic heterocycles. The fraction of sp³-hybridized carbons (Fsp3) is 0.500. The van der Waals surface area contributed by atoms with Crippen LogP contribution in [0.1, 0.15) is 37.4 Å². The lowest BCUT2D eigenvalue weighted by atomic mass is 10.1. The smallest absolute Gasteiger partial charge is 0.337 e. The number of carboxylic acids is 1. The van der Waals surface area contributed by atoms with Gasteiger partial charge in [0, 0.05) is 0 Å². The van der Waals surface area contributed by atoms with Crippen LogP contribution in [0.15, 0.2) is 24.3 Å². The Kier molecular flexibility index (Phi) is 4.20. The Balaban J connectivity index is 2.10. The third-order valence-electron chi connectivity index (χ3n) is 3.27. The van der Waals surface area contributed by atoms with Crippen LogP contribution in [0.3, 0.4) is 0 Å². The second-order valence-corrected chi connectivity index (χ2v) is 4.53. The molecule has 1 fully saturated rings. The molecule has 0 heterocycles. The second kappa shape index (κ2) is 5.87. The molecule has 4 nitrogen and oxygen atoms in total. The molecule has 1 saturated carbocycles. The number of aliphatic carboxylic acids is 1. The van der Waals surface area contributed by atoms with E-state index in [0.29, 0.717) is 11.3 Å². The molecule has 98 valence electrons. The average molecular weight is 250 g/mol. The third-order valence-corrected chi connectivity index (χ3v) is 3.27. The first-order chi connectivity index (χ1) is 8.70. The van der Waals surface area contributed by atoms with Gasteiger partial charge in [-0.05, 0) is 30.5 Å². The summed E-state index contributed by atoms with van der Waals surface area (Å²) in [5.41, 5.74) is 0.662. The Hall–Kier alpha value is -1.55. The van der Waals surface area contributed by atoms with E-state index < -0.39 is 12.1 Å². The monoisotopic (exact) mass is 250 g/mol. The Morgan fingerprint density at radius 1 is 1.28 bits per heavy atom. The van der Waals surface area contributed by atoms with E-state index in [1.807, 2.05) is 0 Å². The third kappa shape index (κ3) is 3.01. The summed E-state index contributed by atoms with van der Waals surface area (Å²) in [6.45, 7) is 0. The van der Waals surface area contributed by atoms with Crippen LogP contribution in [-0.4, -0.2) is 24.3 Å². The zero-order chi connectivity index (χ0) is 13.0. The van der Waals surface area contributed by atoms with Gasteiger partial charge in [0.05, 0.1) is 13.2 Å². The summed E-state index contributed by atoms with van der Waals surface area (Å²) in [5.74, 6) is -0.226. The van der Waals surface area contributed by atoms with Crippen molar-refractivity contribution in [2.24, 2.45) is 0 Å². The van der Waals surface area contributed by atoms with Crippen molar-refractivity contribution in [1.29, 1.82) is 0 Å². The van der Waals surface area contributed by atoms with Crippen molar-refractivity contribution in [1.82, 2.24) is 0 Å². The van der Waals surface area contributed by atoms with Crippen molar-refractivity contribution < 1.29 is 19.4 Å². The summed E-state index contributed by atoms with van der Waals surface area (Å²) < 4.78 is 10.7. The van der Waals surface area contributed by atoms with E-state index in [4.69, 9.17) is 9.47 Å². The molecule has 2 rings (SSSR count). The highest BCUT2D eigenvalue weighted by Crippen LogP contribution is 2.28. The molecule has 0 aromatic heterocycles. The molecule has 1 unspecified atom stereocenters. The topological polar surface area (TPSA) is 55.8 Å². The van der Waals surface area contributed by atoms with Crippen LogP contribution in [0.5, 0.6) is 5.75 Å². The van der Waals surface area contributed by atoms with Gasteiger partial charge in [-0.1, -0.05) is 25.0 Å². The number of hydrogen-bond donors (Lipinski definition) is 1. The molecule has 0 amide bonds. The van der Waals surface area contributed by atoms with Crippen molar-refractivity contribution in [3.8, 4) is 5.75 Å². The fourth-order valence-electron chi connectivity index (χ4n) is 2.27. The van der Waals surface area contributed by atoms with Crippen molar-refractivity contribution in [2.45, 2.75) is 37.9 Å². The molecule has 1 atom stereocenters. The maximum Gasteiger partial charge on any atom is 0.337 e. The fourth-order valence-corrected chi connectivity index (χ4v) is 2.27. The molecule has 1 aromatic rings. The van der Waals surface area contributed by atoms with Gasteiger partial charge in [-0.25, -0.2) is 4.79 Å². The van der Waals surface area contributed by atoms with Gasteiger partial charge in [0.25, 0.3) is 0 Å². The number of carbonyl (C=O) groups is 1. The number of carboxylic acid groups (broad SMARTS) is 1. The van der Waals surface area contributed by atoms with E-state index in [-0.39, 0.29) is 6.10 Å². The molecule has 1 aliphatic carbocycles. The van der Waals surface area contributed by atoms with Crippen LogP contribution in [0.2, 0.25) is 0 Å². The highest BCUT2D eigenvalue weighted by molar-refractivity contribution is 5.74. The number of rotatable bonds is 5. The first kappa shape index (κ1) is 12.9. The van der Waals surface area contributed by atoms with Crippen LogP contribution in [0.4, 0.5) is 0 Å². The Morgan fingerprint density at radius 2 is 1.89 bits per heavy atom. The standard InChI is InChI=1S/C14H18O4/c1-17-11-8-6-10(7-9-11)13(14(15)16)18-12-4-2-3-5-12/h6-9,12-13H,2-5H2,1H3,(H,15,16). The number of benzene rings is 1. The van der Waals surface area contributed by atoms with E-state index in [0.717, 1.165) is 25.7 Å². The van der Waals surface area contributed by atoms with Gasteiger partial charge in [0.1, 0.15) is 5.75 Å². The molecule has 4 heteroatoms. The molecular weight excluding hydrogens is 232 g/mol. The van der Waals surface area contributed by atoms with Gasteiger partial charge < -0.3 is 14.6 Å². The van der Waals surface area contributed by atoms with Gasteiger partial charge in [-0.3, -0.25) is 0 Å². The normalized spacial score (nSPS) is 17.6. The summed E-state index contributed by atoms with van der Waals surface area (Å²) in [6, 6.07) is 6.99. The minimum atomic E-state index is -0.938. The van der Waals surface area contributed by atoms with Crippen LogP contribution < -0.4 is 4.74 Å². The highest BCUT2D eigenvalue weighted by atomic mass is 16.5. The van der Waals surface area contributed by atoms with E-state index in [1.54, 1.807) is 31.4 Å². The molecular formula is C14H18O4. The number of methoxy groups -OCH3 is 1. The van der Waals surface area contributed by atoms with E-state index in [2.05, 4.69) is 0 Å². The lowest BCUT2D eigenvalue weighted by Crippen LogP contribution is -2.20. The molecule has 1 N–H and O–H groups in total. The molecule has 0 radical (unpaired) electrons. The molecule has 18 heavy (non-hydrogen) atoms. The lowest BCUT2D eigenvalue weighted by molar-refractivity contribution is -0.154. The van der Waals surface area contributed by atoms with Crippen LogP contribution in [0.25, 0.3) is 0 Å². The maximum absolute atomic E-state index is 11.3. The van der Waals surface area contributed by atoms with Crippen molar-refractivity contribution in [2.75, 3.05) is 7.11 Å². The minimum absolute atomic E-state index is 0.0770. The molecule has 0 bridgehead atoms. The zero-order valence-electron chi connectivity index (χ0n) is 10.5. The summed E-state index contributed by atoms with van der Waals surface area (Å²) >= 11 is 0. The van der Waals surface area contributed by atoms with E-state index >= 15 is 0 Å². The summed E-state index contributed by atoms with van der Waals surface area (Å²) in [5, 5.41) is 9.26. The highest BCUT2D eigenvalue weighted by Gasteiger charge is 2.26. The first-order valence-corrected chi connectivity index (χ1v) is 6.23. The van der Waals surface area contributed by atoms with Crippen LogP contribution in [0, 0.1) is 0 Å². The summed E-state index contributed by atoms with van der Waals surface area (Å²) in [7, 11) is 1.58. The van der Waals surface area contributed by atoms with Crippen molar-refractivity contribution in [3.63, 3.8) is 0 Å². The number of hydrogen-bond acceptors (Lipinski definition) is 3. The predicted molar refractivity (Wildman–Crippen MR) is 66.7 cm³/mol. The van der Waals surface area contributed by atoms with Gasteiger partial charge in [0.2, 0.25) is 0 Å². The Bertz CT molecular complexity index is 393. The predicted octanol–water partition coefficient (Wildman–Crippen LogP) is 2.78. The minimum Gasteiger partial charge on any atom is -0.497 e. The summed E-state index contributed by atoms with van der Waals surface area (Å²) in [4.78, 5) is 11.3. The van der Waals surface area contributed by atoms with Crippen LogP contribution >= 0.6 is 0 Å². The van der Waals surface area contributed by atoms with E-state index in [1.165, 1.54) is 0 Å².